The highest BCUT2D eigenvalue weighted by Crippen LogP contribution is 2.30. The van der Waals surface area contributed by atoms with Gasteiger partial charge in [0.25, 0.3) is 0 Å². The van der Waals surface area contributed by atoms with Crippen LogP contribution in [0.5, 0.6) is 0 Å². The predicted molar refractivity (Wildman–Crippen MR) is 82.6 cm³/mol. The molecule has 0 spiro atoms. The minimum absolute atomic E-state index is 0.0564. The van der Waals surface area contributed by atoms with E-state index in [9.17, 15) is 4.79 Å². The number of hydrogen-bond donors (Lipinski definition) is 2. The van der Waals surface area contributed by atoms with Gasteiger partial charge in [0.05, 0.1) is 16.7 Å². The molecule has 112 valence electrons. The average Bonchev–Trinajstić information content (AvgIpc) is 2.78. The van der Waals surface area contributed by atoms with Crippen LogP contribution in [0.4, 0.5) is 0 Å². The molecule has 0 radical (unpaired) electrons. The van der Waals surface area contributed by atoms with E-state index in [1.165, 1.54) is 4.88 Å². The minimum atomic E-state index is 0.0564. The van der Waals surface area contributed by atoms with E-state index in [1.54, 1.807) is 11.3 Å². The minimum Gasteiger partial charge on any atom is -0.348 e. The number of rotatable bonds is 4. The lowest BCUT2D eigenvalue weighted by Crippen LogP contribution is -2.35. The highest BCUT2D eigenvalue weighted by molar-refractivity contribution is 7.11. The zero-order valence-electron chi connectivity index (χ0n) is 12.6. The third-order valence-electron chi connectivity index (χ3n) is 4.24. The second-order valence-electron chi connectivity index (χ2n) is 5.87. The molecule has 0 aromatic carbocycles. The van der Waals surface area contributed by atoms with Crippen LogP contribution in [0.1, 0.15) is 54.2 Å². The van der Waals surface area contributed by atoms with Gasteiger partial charge in [0.1, 0.15) is 0 Å². The third-order valence-corrected chi connectivity index (χ3v) is 5.50. The maximum atomic E-state index is 12.3. The fraction of sp³-hybridized carbons (Fsp3) is 0.733. The quantitative estimate of drug-likeness (QED) is 0.897. The lowest BCUT2D eigenvalue weighted by molar-refractivity contribution is -0.126. The Morgan fingerprint density at radius 2 is 2.05 bits per heavy atom. The van der Waals surface area contributed by atoms with Crippen LogP contribution in [0.25, 0.3) is 0 Å². The maximum absolute atomic E-state index is 12.3. The molecule has 3 N–H and O–H groups in total. The summed E-state index contributed by atoms with van der Waals surface area (Å²) in [6.45, 7) is 6.81. The number of aryl methyl sites for hydroxylation is 2. The number of hydrogen-bond acceptors (Lipinski definition) is 4. The van der Waals surface area contributed by atoms with Gasteiger partial charge in [-0.15, -0.1) is 11.3 Å². The van der Waals surface area contributed by atoms with Crippen molar-refractivity contribution >= 4 is 17.2 Å². The number of nitrogens with zero attached hydrogens (tertiary/aromatic N) is 1. The molecule has 1 fully saturated rings. The Labute approximate surface area is 125 Å². The first-order valence-electron chi connectivity index (χ1n) is 7.45. The van der Waals surface area contributed by atoms with E-state index in [2.05, 4.69) is 10.3 Å². The molecular weight excluding hydrogens is 270 g/mol. The van der Waals surface area contributed by atoms with Crippen molar-refractivity contribution in [3.63, 3.8) is 0 Å². The van der Waals surface area contributed by atoms with Crippen LogP contribution in [0, 0.1) is 25.7 Å². The van der Waals surface area contributed by atoms with E-state index < -0.39 is 0 Å². The smallest absolute Gasteiger partial charge is 0.223 e. The van der Waals surface area contributed by atoms with E-state index in [0.717, 1.165) is 42.9 Å². The summed E-state index contributed by atoms with van der Waals surface area (Å²) >= 11 is 1.67. The van der Waals surface area contributed by atoms with Crippen LogP contribution in [-0.4, -0.2) is 17.4 Å². The summed E-state index contributed by atoms with van der Waals surface area (Å²) in [5.41, 5.74) is 6.73. The van der Waals surface area contributed by atoms with Crippen LogP contribution in [0.15, 0.2) is 0 Å². The molecule has 1 amide bonds. The summed E-state index contributed by atoms with van der Waals surface area (Å²) in [5, 5.41) is 4.21. The zero-order valence-corrected chi connectivity index (χ0v) is 13.4. The van der Waals surface area contributed by atoms with Crippen molar-refractivity contribution in [3.8, 4) is 0 Å². The van der Waals surface area contributed by atoms with Crippen LogP contribution in [-0.2, 0) is 4.79 Å². The van der Waals surface area contributed by atoms with Crippen LogP contribution in [0.2, 0.25) is 0 Å². The molecule has 1 aliphatic carbocycles. The van der Waals surface area contributed by atoms with Gasteiger partial charge in [0.15, 0.2) is 0 Å². The van der Waals surface area contributed by atoms with Gasteiger partial charge in [0.2, 0.25) is 5.91 Å². The zero-order chi connectivity index (χ0) is 14.7. The van der Waals surface area contributed by atoms with Gasteiger partial charge in [-0.3, -0.25) is 4.79 Å². The van der Waals surface area contributed by atoms with Gasteiger partial charge in [0, 0.05) is 10.8 Å². The summed E-state index contributed by atoms with van der Waals surface area (Å²) in [6.07, 6.45) is 4.12. The van der Waals surface area contributed by atoms with E-state index in [1.807, 2.05) is 20.8 Å². The normalized spacial score (nSPS) is 24.4. The van der Waals surface area contributed by atoms with E-state index in [-0.39, 0.29) is 17.9 Å². The average molecular weight is 295 g/mol. The number of aromatic nitrogens is 1. The Kier molecular flexibility index (Phi) is 5.16. The van der Waals surface area contributed by atoms with Crippen LogP contribution in [0.3, 0.4) is 0 Å². The molecule has 2 rings (SSSR count). The number of thiazole rings is 1. The van der Waals surface area contributed by atoms with Crippen molar-refractivity contribution in [2.75, 3.05) is 6.54 Å². The van der Waals surface area contributed by atoms with Crippen molar-refractivity contribution in [1.29, 1.82) is 0 Å². The fourth-order valence-electron chi connectivity index (χ4n) is 3.01. The number of carbonyl (C=O) groups is 1. The standard InChI is InChI=1S/C15H25N3OS/c1-9-14(20-11(3)17-9)10(2)18-15(19)13-6-4-12(8-16)5-7-13/h10,12-13H,4-8,16H2,1-3H3,(H,18,19). The Morgan fingerprint density at radius 1 is 1.40 bits per heavy atom. The first-order valence-corrected chi connectivity index (χ1v) is 8.27. The van der Waals surface area contributed by atoms with Crippen LogP contribution >= 0.6 is 11.3 Å². The molecule has 5 heteroatoms. The summed E-state index contributed by atoms with van der Waals surface area (Å²) < 4.78 is 0. The van der Waals surface area contributed by atoms with Crippen LogP contribution < -0.4 is 11.1 Å². The summed E-state index contributed by atoms with van der Waals surface area (Å²) in [6, 6.07) is 0.0564. The molecule has 1 aliphatic rings. The molecule has 0 bridgehead atoms. The number of nitrogens with one attached hydrogen (secondary N) is 1. The fourth-order valence-corrected chi connectivity index (χ4v) is 3.94. The first kappa shape index (κ1) is 15.4. The maximum Gasteiger partial charge on any atom is 0.223 e. The molecule has 1 unspecified atom stereocenters. The predicted octanol–water partition coefficient (Wildman–Crippen LogP) is 2.70. The molecular formula is C15H25N3OS. The second kappa shape index (κ2) is 6.68. The monoisotopic (exact) mass is 295 g/mol. The molecule has 1 heterocycles. The number of carbonyl (C=O) groups excluding carboxylic acids is 1. The Morgan fingerprint density at radius 3 is 2.55 bits per heavy atom. The lowest BCUT2D eigenvalue weighted by Gasteiger charge is -2.27. The molecule has 0 aliphatic heterocycles. The SMILES string of the molecule is Cc1nc(C)c(C(C)NC(=O)C2CCC(CN)CC2)s1. The Balaban J connectivity index is 1.90. The molecule has 1 atom stereocenters. The van der Waals surface area contributed by atoms with Crippen molar-refractivity contribution in [2.45, 2.75) is 52.5 Å². The lowest BCUT2D eigenvalue weighted by atomic mass is 9.81. The van der Waals surface area contributed by atoms with Gasteiger partial charge in [-0.25, -0.2) is 4.98 Å². The molecule has 1 saturated carbocycles. The van der Waals surface area contributed by atoms with Gasteiger partial charge in [-0.2, -0.15) is 0 Å². The van der Waals surface area contributed by atoms with E-state index in [0.29, 0.717) is 5.92 Å². The largest absolute Gasteiger partial charge is 0.348 e. The van der Waals surface area contributed by atoms with E-state index in [4.69, 9.17) is 5.73 Å². The summed E-state index contributed by atoms with van der Waals surface area (Å²) in [5.74, 6) is 0.968. The first-order chi connectivity index (χ1) is 9.51. The van der Waals surface area contributed by atoms with Gasteiger partial charge in [-0.1, -0.05) is 0 Å². The molecule has 1 aromatic rings. The van der Waals surface area contributed by atoms with Crippen molar-refractivity contribution in [3.05, 3.63) is 15.6 Å². The van der Waals surface area contributed by atoms with Gasteiger partial charge < -0.3 is 11.1 Å². The second-order valence-corrected chi connectivity index (χ2v) is 7.10. The van der Waals surface area contributed by atoms with E-state index >= 15 is 0 Å². The molecule has 20 heavy (non-hydrogen) atoms. The Hall–Kier alpha value is -0.940. The molecule has 0 saturated heterocycles. The Bertz CT molecular complexity index is 464. The highest BCUT2D eigenvalue weighted by atomic mass is 32.1. The van der Waals surface area contributed by atoms with Crippen molar-refractivity contribution in [2.24, 2.45) is 17.6 Å². The van der Waals surface area contributed by atoms with Crippen molar-refractivity contribution in [1.82, 2.24) is 10.3 Å². The topological polar surface area (TPSA) is 68.0 Å². The summed E-state index contributed by atoms with van der Waals surface area (Å²) in [4.78, 5) is 17.9. The summed E-state index contributed by atoms with van der Waals surface area (Å²) in [7, 11) is 0. The number of amides is 1. The third kappa shape index (κ3) is 3.58. The van der Waals surface area contributed by atoms with Gasteiger partial charge in [-0.05, 0) is 58.9 Å². The number of nitrogens with two attached hydrogens (primary N) is 1. The van der Waals surface area contributed by atoms with Gasteiger partial charge >= 0.3 is 0 Å². The molecule has 1 aromatic heterocycles. The van der Waals surface area contributed by atoms with Crippen molar-refractivity contribution < 1.29 is 4.79 Å². The highest BCUT2D eigenvalue weighted by Gasteiger charge is 2.27. The molecule has 4 nitrogen and oxygen atoms in total.